The highest BCUT2D eigenvalue weighted by molar-refractivity contribution is 7.80. The first-order valence-electron chi connectivity index (χ1n) is 7.21. The third kappa shape index (κ3) is 3.69. The van der Waals surface area contributed by atoms with Gasteiger partial charge in [0.05, 0.1) is 0 Å². The van der Waals surface area contributed by atoms with Crippen LogP contribution >= 0.6 is 12.2 Å². The van der Waals surface area contributed by atoms with Gasteiger partial charge in [-0.15, -0.1) is 0 Å². The van der Waals surface area contributed by atoms with Crippen LogP contribution in [-0.2, 0) is 0 Å². The number of para-hydroxylation sites is 1. The lowest BCUT2D eigenvalue weighted by Gasteiger charge is -2.30. The average Bonchev–Trinajstić information content (AvgIpc) is 2.37. The van der Waals surface area contributed by atoms with Crippen molar-refractivity contribution in [1.82, 2.24) is 5.32 Å². The molecule has 0 aromatic heterocycles. The van der Waals surface area contributed by atoms with E-state index in [1.54, 1.807) is 0 Å². The number of nitrogens with one attached hydrogen (secondary N) is 2. The van der Waals surface area contributed by atoms with Crippen molar-refractivity contribution in [3.63, 3.8) is 0 Å². The van der Waals surface area contributed by atoms with E-state index in [0.717, 1.165) is 10.8 Å². The zero-order chi connectivity index (χ0) is 13.8. The molecule has 0 saturated heterocycles. The minimum absolute atomic E-state index is 0.526. The zero-order valence-corrected chi connectivity index (χ0v) is 12.9. The Hall–Kier alpha value is -1.09. The molecule has 0 spiro atoms. The molecule has 0 aliphatic heterocycles. The Morgan fingerprint density at radius 3 is 2.42 bits per heavy atom. The fourth-order valence-electron chi connectivity index (χ4n) is 2.86. The number of rotatable bonds is 2. The summed E-state index contributed by atoms with van der Waals surface area (Å²) in [5, 5.41) is 7.62. The standard InChI is InChI=1S/C16H24N2S/c1-11-7-4-5-10-14(11)17-16(19)18-15-12(2)8-6-9-13(15)3/h6,8-9,11,14H,4-5,7,10H2,1-3H3,(H2,17,18,19). The molecule has 1 saturated carbocycles. The molecule has 2 unspecified atom stereocenters. The number of anilines is 1. The van der Waals surface area contributed by atoms with Gasteiger partial charge in [-0.3, -0.25) is 0 Å². The largest absolute Gasteiger partial charge is 0.359 e. The number of benzene rings is 1. The first-order valence-corrected chi connectivity index (χ1v) is 7.62. The number of hydrogen-bond acceptors (Lipinski definition) is 1. The maximum Gasteiger partial charge on any atom is 0.171 e. The van der Waals surface area contributed by atoms with E-state index in [-0.39, 0.29) is 0 Å². The van der Waals surface area contributed by atoms with Gasteiger partial charge in [0.25, 0.3) is 0 Å². The molecular formula is C16H24N2S. The van der Waals surface area contributed by atoms with Gasteiger partial charge in [0.15, 0.2) is 5.11 Å². The molecule has 2 nitrogen and oxygen atoms in total. The molecule has 104 valence electrons. The second-order valence-electron chi connectivity index (χ2n) is 5.73. The molecular weight excluding hydrogens is 252 g/mol. The highest BCUT2D eigenvalue weighted by Crippen LogP contribution is 2.24. The molecule has 0 amide bonds. The Labute approximate surface area is 122 Å². The van der Waals surface area contributed by atoms with E-state index in [9.17, 15) is 0 Å². The van der Waals surface area contributed by atoms with E-state index in [1.807, 2.05) is 0 Å². The molecule has 0 heterocycles. The summed E-state index contributed by atoms with van der Waals surface area (Å²) < 4.78 is 0. The van der Waals surface area contributed by atoms with Crippen molar-refractivity contribution in [1.29, 1.82) is 0 Å². The molecule has 0 bridgehead atoms. The van der Waals surface area contributed by atoms with Gasteiger partial charge in [-0.25, -0.2) is 0 Å². The first kappa shape index (κ1) is 14.3. The van der Waals surface area contributed by atoms with E-state index in [2.05, 4.69) is 49.6 Å². The monoisotopic (exact) mass is 276 g/mol. The van der Waals surface area contributed by atoms with Gasteiger partial charge < -0.3 is 10.6 Å². The van der Waals surface area contributed by atoms with E-state index in [4.69, 9.17) is 12.2 Å². The van der Waals surface area contributed by atoms with Crippen molar-refractivity contribution in [2.45, 2.75) is 52.5 Å². The molecule has 2 N–H and O–H groups in total. The fraction of sp³-hybridized carbons (Fsp3) is 0.562. The summed E-state index contributed by atoms with van der Waals surface area (Å²) in [5.74, 6) is 0.714. The van der Waals surface area contributed by atoms with Crippen molar-refractivity contribution in [3.8, 4) is 0 Å². The Morgan fingerprint density at radius 2 is 1.79 bits per heavy atom. The third-order valence-corrected chi connectivity index (χ3v) is 4.37. The second-order valence-corrected chi connectivity index (χ2v) is 6.14. The summed E-state index contributed by atoms with van der Waals surface area (Å²) in [5.41, 5.74) is 3.62. The molecule has 2 atom stereocenters. The molecule has 1 fully saturated rings. The minimum atomic E-state index is 0.526. The smallest absolute Gasteiger partial charge is 0.171 e. The van der Waals surface area contributed by atoms with Crippen LogP contribution in [0.4, 0.5) is 5.69 Å². The van der Waals surface area contributed by atoms with Crippen molar-refractivity contribution >= 4 is 23.0 Å². The molecule has 1 aromatic carbocycles. The van der Waals surface area contributed by atoms with Gasteiger partial charge in [-0.05, 0) is 56.0 Å². The average molecular weight is 276 g/mol. The van der Waals surface area contributed by atoms with E-state index >= 15 is 0 Å². The number of thiocarbonyl (C=S) groups is 1. The summed E-state index contributed by atoms with van der Waals surface area (Å²) >= 11 is 5.47. The predicted octanol–water partition coefficient (Wildman–Crippen LogP) is 4.17. The van der Waals surface area contributed by atoms with Gasteiger partial charge in [-0.2, -0.15) is 0 Å². The van der Waals surface area contributed by atoms with Crippen molar-refractivity contribution in [3.05, 3.63) is 29.3 Å². The number of hydrogen-bond donors (Lipinski definition) is 2. The zero-order valence-electron chi connectivity index (χ0n) is 12.1. The van der Waals surface area contributed by atoms with Crippen LogP contribution in [0.3, 0.4) is 0 Å². The van der Waals surface area contributed by atoms with Crippen LogP contribution in [0.25, 0.3) is 0 Å². The lowest BCUT2D eigenvalue weighted by molar-refractivity contribution is 0.309. The Balaban J connectivity index is 1.97. The fourth-order valence-corrected chi connectivity index (χ4v) is 3.11. The molecule has 19 heavy (non-hydrogen) atoms. The van der Waals surface area contributed by atoms with E-state index in [1.165, 1.54) is 36.8 Å². The van der Waals surface area contributed by atoms with Crippen molar-refractivity contribution in [2.75, 3.05) is 5.32 Å². The molecule has 3 heteroatoms. The van der Waals surface area contributed by atoms with Crippen LogP contribution in [0.15, 0.2) is 18.2 Å². The summed E-state index contributed by atoms with van der Waals surface area (Å²) in [4.78, 5) is 0. The summed E-state index contributed by atoms with van der Waals surface area (Å²) in [6.07, 6.45) is 5.21. The van der Waals surface area contributed by atoms with Crippen LogP contribution in [-0.4, -0.2) is 11.2 Å². The lowest BCUT2D eigenvalue weighted by Crippen LogP contribution is -2.43. The summed E-state index contributed by atoms with van der Waals surface area (Å²) in [6, 6.07) is 6.83. The summed E-state index contributed by atoms with van der Waals surface area (Å²) in [6.45, 7) is 6.54. The van der Waals surface area contributed by atoms with Crippen LogP contribution in [0.2, 0.25) is 0 Å². The van der Waals surface area contributed by atoms with Gasteiger partial charge >= 0.3 is 0 Å². The quantitative estimate of drug-likeness (QED) is 0.793. The van der Waals surface area contributed by atoms with Gasteiger partial charge in [0.2, 0.25) is 0 Å². The highest BCUT2D eigenvalue weighted by atomic mass is 32.1. The Kier molecular flexibility index (Phi) is 4.81. The molecule has 1 aromatic rings. The topological polar surface area (TPSA) is 24.1 Å². The minimum Gasteiger partial charge on any atom is -0.359 e. The first-order chi connectivity index (χ1) is 9.08. The van der Waals surface area contributed by atoms with Crippen LogP contribution < -0.4 is 10.6 Å². The Morgan fingerprint density at radius 1 is 1.16 bits per heavy atom. The summed E-state index contributed by atoms with van der Waals surface area (Å²) in [7, 11) is 0. The molecule has 1 aliphatic carbocycles. The van der Waals surface area contributed by atoms with Gasteiger partial charge in [0.1, 0.15) is 0 Å². The van der Waals surface area contributed by atoms with Crippen molar-refractivity contribution in [2.24, 2.45) is 5.92 Å². The highest BCUT2D eigenvalue weighted by Gasteiger charge is 2.21. The van der Waals surface area contributed by atoms with Crippen molar-refractivity contribution < 1.29 is 0 Å². The lowest BCUT2D eigenvalue weighted by atomic mass is 9.86. The third-order valence-electron chi connectivity index (χ3n) is 4.15. The maximum absolute atomic E-state index is 5.47. The molecule has 2 rings (SSSR count). The van der Waals surface area contributed by atoms with Gasteiger partial charge in [-0.1, -0.05) is 38.0 Å². The van der Waals surface area contributed by atoms with Crippen LogP contribution in [0, 0.1) is 19.8 Å². The Bertz CT molecular complexity index is 436. The van der Waals surface area contributed by atoms with E-state index in [0.29, 0.717) is 12.0 Å². The second kappa shape index (κ2) is 6.38. The SMILES string of the molecule is Cc1cccc(C)c1NC(=S)NC1CCCCC1C. The normalized spacial score (nSPS) is 22.9. The molecule has 1 aliphatic rings. The van der Waals surface area contributed by atoms with Crippen LogP contribution in [0.5, 0.6) is 0 Å². The van der Waals surface area contributed by atoms with E-state index < -0.39 is 0 Å². The number of aryl methyl sites for hydroxylation is 2. The maximum atomic E-state index is 5.47. The van der Waals surface area contributed by atoms with Gasteiger partial charge in [0, 0.05) is 11.7 Å². The van der Waals surface area contributed by atoms with Crippen LogP contribution in [0.1, 0.15) is 43.7 Å². The predicted molar refractivity (Wildman–Crippen MR) is 86.7 cm³/mol. The molecule has 0 radical (unpaired) electrons.